The molecular weight excluding hydrogens is 314 g/mol. The third kappa shape index (κ3) is 3.64. The minimum atomic E-state index is 0.253. The van der Waals surface area contributed by atoms with Crippen LogP contribution in [0.5, 0.6) is 17.2 Å². The molecular formula is C21H25NO3. The van der Waals surface area contributed by atoms with E-state index in [2.05, 4.69) is 36.2 Å². The lowest BCUT2D eigenvalue weighted by Crippen LogP contribution is -2.31. The maximum atomic E-state index is 5.39. The van der Waals surface area contributed by atoms with Gasteiger partial charge in [-0.3, -0.25) is 4.90 Å². The fourth-order valence-electron chi connectivity index (χ4n) is 3.30. The van der Waals surface area contributed by atoms with Crippen molar-refractivity contribution in [2.24, 2.45) is 0 Å². The summed E-state index contributed by atoms with van der Waals surface area (Å²) in [6.07, 6.45) is 5.43. The Morgan fingerprint density at radius 2 is 1.76 bits per heavy atom. The molecule has 0 saturated heterocycles. The van der Waals surface area contributed by atoms with E-state index in [1.807, 2.05) is 24.3 Å². The summed E-state index contributed by atoms with van der Waals surface area (Å²) >= 11 is 0. The highest BCUT2D eigenvalue weighted by Gasteiger charge is 2.22. The highest BCUT2D eigenvalue weighted by Crippen LogP contribution is 2.33. The molecule has 1 unspecified atom stereocenters. The highest BCUT2D eigenvalue weighted by molar-refractivity contribution is 5.57. The van der Waals surface area contributed by atoms with Gasteiger partial charge in [0.1, 0.15) is 5.75 Å². The van der Waals surface area contributed by atoms with E-state index >= 15 is 0 Å². The molecule has 0 aromatic heterocycles. The van der Waals surface area contributed by atoms with Gasteiger partial charge in [0, 0.05) is 6.54 Å². The monoisotopic (exact) mass is 339 g/mol. The Bertz CT molecular complexity index is 770. The van der Waals surface area contributed by atoms with Crippen molar-refractivity contribution in [1.29, 1.82) is 0 Å². The molecule has 0 radical (unpaired) electrons. The Balaban J connectivity index is 1.88. The van der Waals surface area contributed by atoms with Crippen molar-refractivity contribution in [2.75, 3.05) is 34.9 Å². The maximum Gasteiger partial charge on any atom is 0.161 e. The van der Waals surface area contributed by atoms with Crippen LogP contribution in [0.1, 0.15) is 22.7 Å². The first-order valence-corrected chi connectivity index (χ1v) is 8.43. The van der Waals surface area contributed by atoms with Crippen LogP contribution < -0.4 is 14.2 Å². The van der Waals surface area contributed by atoms with Gasteiger partial charge in [-0.25, -0.2) is 0 Å². The molecule has 25 heavy (non-hydrogen) atoms. The summed E-state index contributed by atoms with van der Waals surface area (Å²) in [6, 6.07) is 12.6. The Morgan fingerprint density at radius 1 is 0.960 bits per heavy atom. The molecule has 0 N–H and O–H groups in total. The van der Waals surface area contributed by atoms with E-state index < -0.39 is 0 Å². The quantitative estimate of drug-likeness (QED) is 0.825. The van der Waals surface area contributed by atoms with Gasteiger partial charge in [-0.05, 0) is 54.4 Å². The number of benzene rings is 2. The van der Waals surface area contributed by atoms with Gasteiger partial charge in [-0.15, -0.1) is 0 Å². The largest absolute Gasteiger partial charge is 0.497 e. The number of fused-ring (bicyclic) bond motifs is 1. The van der Waals surface area contributed by atoms with Crippen molar-refractivity contribution in [1.82, 2.24) is 4.90 Å². The van der Waals surface area contributed by atoms with Crippen LogP contribution in [0.4, 0.5) is 0 Å². The lowest BCUT2D eigenvalue weighted by Gasteiger charge is -2.33. The van der Waals surface area contributed by atoms with Crippen LogP contribution in [0.3, 0.4) is 0 Å². The van der Waals surface area contributed by atoms with Gasteiger partial charge >= 0.3 is 0 Å². The molecule has 1 heterocycles. The molecule has 4 nitrogen and oxygen atoms in total. The second kappa shape index (κ2) is 7.62. The van der Waals surface area contributed by atoms with Gasteiger partial charge in [0.15, 0.2) is 11.5 Å². The topological polar surface area (TPSA) is 30.9 Å². The first-order chi connectivity index (χ1) is 12.2. The summed E-state index contributed by atoms with van der Waals surface area (Å²) < 4.78 is 16.1. The molecule has 4 heteroatoms. The zero-order chi connectivity index (χ0) is 17.8. The molecule has 0 aliphatic carbocycles. The fourth-order valence-corrected chi connectivity index (χ4v) is 3.30. The first kappa shape index (κ1) is 17.4. The Morgan fingerprint density at radius 3 is 2.48 bits per heavy atom. The summed E-state index contributed by atoms with van der Waals surface area (Å²) in [5, 5.41) is 0. The van der Waals surface area contributed by atoms with Crippen molar-refractivity contribution in [2.45, 2.75) is 12.5 Å². The third-order valence-corrected chi connectivity index (χ3v) is 4.76. The van der Waals surface area contributed by atoms with Crippen molar-refractivity contribution in [3.8, 4) is 17.2 Å². The molecule has 2 aromatic rings. The summed E-state index contributed by atoms with van der Waals surface area (Å²) in [7, 11) is 7.18. The van der Waals surface area contributed by atoms with Crippen molar-refractivity contribution in [3.05, 3.63) is 59.2 Å². The average molecular weight is 339 g/mol. The van der Waals surface area contributed by atoms with Gasteiger partial charge in [0.25, 0.3) is 0 Å². The molecule has 0 bridgehead atoms. The SMILES string of the molecule is COc1ccc2c(c1)CCN(C)C2/C=C/c1ccc(OC)c(OC)c1. The highest BCUT2D eigenvalue weighted by atomic mass is 16.5. The van der Waals surface area contributed by atoms with Gasteiger partial charge in [0.2, 0.25) is 0 Å². The van der Waals surface area contributed by atoms with E-state index in [9.17, 15) is 0 Å². The number of likely N-dealkylation sites (N-methyl/N-ethyl adjacent to an activating group) is 1. The number of nitrogens with zero attached hydrogens (tertiary/aromatic N) is 1. The van der Waals surface area contributed by atoms with Gasteiger partial charge in [0.05, 0.1) is 27.4 Å². The predicted molar refractivity (Wildman–Crippen MR) is 101 cm³/mol. The zero-order valence-electron chi connectivity index (χ0n) is 15.3. The maximum absolute atomic E-state index is 5.39. The molecule has 0 amide bonds. The normalized spacial score (nSPS) is 17.4. The summed E-state index contributed by atoms with van der Waals surface area (Å²) in [6.45, 7) is 1.03. The minimum absolute atomic E-state index is 0.253. The van der Waals surface area contributed by atoms with Crippen LogP contribution >= 0.6 is 0 Å². The molecule has 1 aliphatic heterocycles. The Hall–Kier alpha value is -2.46. The van der Waals surface area contributed by atoms with E-state index in [0.29, 0.717) is 0 Å². The molecule has 132 valence electrons. The zero-order valence-corrected chi connectivity index (χ0v) is 15.3. The van der Waals surface area contributed by atoms with E-state index in [0.717, 1.165) is 35.8 Å². The predicted octanol–water partition coefficient (Wildman–Crippen LogP) is 3.95. The van der Waals surface area contributed by atoms with E-state index in [1.54, 1.807) is 21.3 Å². The molecule has 2 aromatic carbocycles. The summed E-state index contributed by atoms with van der Waals surface area (Å²) in [5.74, 6) is 2.41. The van der Waals surface area contributed by atoms with E-state index in [4.69, 9.17) is 14.2 Å². The summed E-state index contributed by atoms with van der Waals surface area (Å²) in [5.41, 5.74) is 3.79. The average Bonchev–Trinajstić information content (AvgIpc) is 2.66. The van der Waals surface area contributed by atoms with Crippen molar-refractivity contribution >= 4 is 6.08 Å². The van der Waals surface area contributed by atoms with E-state index in [1.165, 1.54) is 11.1 Å². The number of hydrogen-bond acceptors (Lipinski definition) is 4. The molecule has 0 saturated carbocycles. The van der Waals surface area contributed by atoms with Gasteiger partial charge < -0.3 is 14.2 Å². The van der Waals surface area contributed by atoms with Crippen molar-refractivity contribution in [3.63, 3.8) is 0 Å². The number of rotatable bonds is 5. The van der Waals surface area contributed by atoms with Gasteiger partial charge in [-0.1, -0.05) is 24.3 Å². The first-order valence-electron chi connectivity index (χ1n) is 8.43. The Labute approximate surface area is 149 Å². The van der Waals surface area contributed by atoms with Crippen LogP contribution in [-0.4, -0.2) is 39.8 Å². The molecule has 3 rings (SSSR count). The lowest BCUT2D eigenvalue weighted by molar-refractivity contribution is 0.271. The van der Waals surface area contributed by atoms with Crippen LogP contribution in [0.25, 0.3) is 6.08 Å². The standard InChI is InChI=1S/C21H25NO3/c1-22-12-11-16-14-17(23-2)7-8-18(16)19(22)9-5-15-6-10-20(24-3)21(13-15)25-4/h5-10,13-14,19H,11-12H2,1-4H3/b9-5+. The number of ether oxygens (including phenoxy) is 3. The molecule has 1 atom stereocenters. The van der Waals surface area contributed by atoms with Crippen LogP contribution in [0.15, 0.2) is 42.5 Å². The van der Waals surface area contributed by atoms with Crippen LogP contribution in [-0.2, 0) is 6.42 Å². The lowest BCUT2D eigenvalue weighted by atomic mass is 9.92. The Kier molecular flexibility index (Phi) is 5.29. The van der Waals surface area contributed by atoms with Crippen molar-refractivity contribution < 1.29 is 14.2 Å². The third-order valence-electron chi connectivity index (χ3n) is 4.76. The smallest absolute Gasteiger partial charge is 0.161 e. The van der Waals surface area contributed by atoms with Crippen LogP contribution in [0, 0.1) is 0 Å². The van der Waals surface area contributed by atoms with Gasteiger partial charge in [-0.2, -0.15) is 0 Å². The second-order valence-electron chi connectivity index (χ2n) is 6.21. The van der Waals surface area contributed by atoms with E-state index in [-0.39, 0.29) is 6.04 Å². The summed E-state index contributed by atoms with van der Waals surface area (Å²) in [4.78, 5) is 2.37. The molecule has 0 spiro atoms. The molecule has 0 fully saturated rings. The fraction of sp³-hybridized carbons (Fsp3) is 0.333. The number of hydrogen-bond donors (Lipinski definition) is 0. The minimum Gasteiger partial charge on any atom is -0.497 e. The molecule has 1 aliphatic rings. The number of methoxy groups -OCH3 is 3. The second-order valence-corrected chi connectivity index (χ2v) is 6.21. The van der Waals surface area contributed by atoms with Crippen LogP contribution in [0.2, 0.25) is 0 Å².